The van der Waals surface area contributed by atoms with E-state index in [9.17, 15) is 0 Å². The molecule has 0 radical (unpaired) electrons. The first-order valence-electron chi connectivity index (χ1n) is 12.6. The highest BCUT2D eigenvalue weighted by atomic mass is 14.6. The lowest BCUT2D eigenvalue weighted by atomic mass is 9.48. The smallest absolute Gasteiger partial charge is 0.0397 e. The molecule has 1 nitrogen and oxygen atoms in total. The van der Waals surface area contributed by atoms with Crippen molar-refractivity contribution in [2.45, 2.75) is 63.2 Å². The Morgan fingerprint density at radius 3 is 2.09 bits per heavy atom. The van der Waals surface area contributed by atoms with Gasteiger partial charge in [0.1, 0.15) is 0 Å². The molecule has 0 spiro atoms. The Morgan fingerprint density at radius 2 is 1.38 bits per heavy atom. The van der Waals surface area contributed by atoms with Crippen molar-refractivity contribution in [2.75, 3.05) is 5.73 Å². The lowest BCUT2D eigenvalue weighted by Gasteiger charge is -2.57. The number of benzene rings is 3. The molecule has 1 heteroatoms. The van der Waals surface area contributed by atoms with Crippen molar-refractivity contribution in [3.8, 4) is 22.3 Å². The summed E-state index contributed by atoms with van der Waals surface area (Å²) in [5.41, 5.74) is 17.6. The molecule has 2 N–H and O–H groups in total. The predicted molar refractivity (Wildman–Crippen MR) is 134 cm³/mol. The summed E-state index contributed by atoms with van der Waals surface area (Å²) in [6, 6.07) is 23.0. The second-order valence-corrected chi connectivity index (χ2v) is 11.9. The molecule has 0 aliphatic heterocycles. The van der Waals surface area contributed by atoms with Gasteiger partial charge in [0.15, 0.2) is 0 Å². The molecule has 5 aliphatic carbocycles. The molecule has 0 heterocycles. The van der Waals surface area contributed by atoms with Crippen LogP contribution >= 0.6 is 0 Å². The summed E-state index contributed by atoms with van der Waals surface area (Å²) in [5, 5.41) is 0. The number of hydrogen-bond acceptors (Lipinski definition) is 1. The van der Waals surface area contributed by atoms with E-state index in [-0.39, 0.29) is 5.41 Å². The molecule has 0 saturated heterocycles. The zero-order valence-electron chi connectivity index (χ0n) is 19.3. The zero-order chi connectivity index (χ0) is 21.7. The molecule has 3 aromatic carbocycles. The van der Waals surface area contributed by atoms with Crippen molar-refractivity contribution in [2.24, 2.45) is 17.8 Å². The van der Waals surface area contributed by atoms with Crippen LogP contribution in [0, 0.1) is 17.8 Å². The van der Waals surface area contributed by atoms with Crippen molar-refractivity contribution in [1.82, 2.24) is 0 Å². The predicted octanol–water partition coefficient (Wildman–Crippen LogP) is 7.71. The highest BCUT2D eigenvalue weighted by Crippen LogP contribution is 2.61. The highest BCUT2D eigenvalue weighted by molar-refractivity contribution is 5.89. The van der Waals surface area contributed by atoms with Crippen molar-refractivity contribution in [3.63, 3.8) is 0 Å². The molecule has 4 bridgehead atoms. The van der Waals surface area contributed by atoms with Gasteiger partial charge in [-0.2, -0.15) is 0 Å². The summed E-state index contributed by atoms with van der Waals surface area (Å²) >= 11 is 0. The third kappa shape index (κ3) is 2.51. The Morgan fingerprint density at radius 1 is 0.688 bits per heavy atom. The average Bonchev–Trinajstić information content (AvgIpc) is 2.99. The summed E-state index contributed by atoms with van der Waals surface area (Å²) in [6.45, 7) is 4.65. The van der Waals surface area contributed by atoms with Crippen LogP contribution in [0.15, 0.2) is 60.7 Å². The quantitative estimate of drug-likeness (QED) is 0.423. The fourth-order valence-electron chi connectivity index (χ4n) is 8.50. The van der Waals surface area contributed by atoms with Crippen LogP contribution in [0.25, 0.3) is 22.3 Å². The van der Waals surface area contributed by atoms with E-state index < -0.39 is 0 Å². The van der Waals surface area contributed by atoms with E-state index in [1.165, 1.54) is 71.9 Å². The van der Waals surface area contributed by atoms with Gasteiger partial charge in [0.05, 0.1) is 0 Å². The SMILES string of the molecule is CC1(C)c2ccccc2-c2cc(-c3cccc(C45CC6CC(CC(C6)C4)C5)c3)c(N)cc21. The highest BCUT2D eigenvalue weighted by Gasteiger charge is 2.51. The Labute approximate surface area is 192 Å². The van der Waals surface area contributed by atoms with Gasteiger partial charge in [0.25, 0.3) is 0 Å². The normalized spacial score (nSPS) is 30.9. The van der Waals surface area contributed by atoms with Crippen LogP contribution in [0.5, 0.6) is 0 Å². The minimum absolute atomic E-state index is 0.000375. The molecule has 0 unspecified atom stereocenters. The summed E-state index contributed by atoms with van der Waals surface area (Å²) in [5.74, 6) is 2.90. The van der Waals surface area contributed by atoms with Crippen molar-refractivity contribution >= 4 is 5.69 Å². The van der Waals surface area contributed by atoms with Gasteiger partial charge in [0, 0.05) is 16.7 Å². The topological polar surface area (TPSA) is 26.0 Å². The zero-order valence-corrected chi connectivity index (χ0v) is 19.3. The third-order valence-electron chi connectivity index (χ3n) is 9.58. The van der Waals surface area contributed by atoms with E-state index in [1.807, 2.05) is 0 Å². The fourth-order valence-corrected chi connectivity index (χ4v) is 8.50. The molecule has 8 rings (SSSR count). The molecular weight excluding hydrogens is 386 g/mol. The first kappa shape index (κ1) is 19.0. The Kier molecular flexibility index (Phi) is 3.72. The molecule has 162 valence electrons. The first-order chi connectivity index (χ1) is 15.4. The van der Waals surface area contributed by atoms with Crippen LogP contribution in [0.4, 0.5) is 5.69 Å². The van der Waals surface area contributed by atoms with Crippen LogP contribution in [-0.4, -0.2) is 0 Å². The Bertz CT molecular complexity index is 1210. The van der Waals surface area contributed by atoms with Crippen LogP contribution in [0.2, 0.25) is 0 Å². The van der Waals surface area contributed by atoms with E-state index in [2.05, 4.69) is 74.5 Å². The lowest BCUT2D eigenvalue weighted by Crippen LogP contribution is -2.48. The minimum atomic E-state index is -0.000375. The number of rotatable bonds is 2. The summed E-state index contributed by atoms with van der Waals surface area (Å²) in [7, 11) is 0. The molecule has 0 atom stereocenters. The van der Waals surface area contributed by atoms with Crippen LogP contribution < -0.4 is 5.73 Å². The van der Waals surface area contributed by atoms with Crippen LogP contribution in [-0.2, 0) is 10.8 Å². The van der Waals surface area contributed by atoms with E-state index in [0.29, 0.717) is 5.41 Å². The minimum Gasteiger partial charge on any atom is -0.398 e. The van der Waals surface area contributed by atoms with Gasteiger partial charge >= 0.3 is 0 Å². The molecule has 3 aromatic rings. The molecule has 32 heavy (non-hydrogen) atoms. The largest absolute Gasteiger partial charge is 0.398 e. The van der Waals surface area contributed by atoms with Gasteiger partial charge in [-0.15, -0.1) is 0 Å². The van der Waals surface area contributed by atoms with E-state index >= 15 is 0 Å². The number of nitrogens with two attached hydrogens (primary N) is 1. The Hall–Kier alpha value is -2.54. The van der Waals surface area contributed by atoms with E-state index in [4.69, 9.17) is 5.73 Å². The maximum Gasteiger partial charge on any atom is 0.0397 e. The maximum absolute atomic E-state index is 6.74. The third-order valence-corrected chi connectivity index (χ3v) is 9.58. The molecule has 4 fully saturated rings. The monoisotopic (exact) mass is 419 g/mol. The van der Waals surface area contributed by atoms with Crippen molar-refractivity contribution in [3.05, 3.63) is 77.4 Å². The lowest BCUT2D eigenvalue weighted by molar-refractivity contribution is -0.00516. The number of nitrogen functional groups attached to an aromatic ring is 1. The Balaban J connectivity index is 1.35. The number of fused-ring (bicyclic) bond motifs is 3. The second-order valence-electron chi connectivity index (χ2n) is 11.9. The van der Waals surface area contributed by atoms with E-state index in [1.54, 1.807) is 5.56 Å². The summed E-state index contributed by atoms with van der Waals surface area (Å²) in [6.07, 6.45) is 8.70. The molecule has 4 saturated carbocycles. The van der Waals surface area contributed by atoms with Gasteiger partial charge in [-0.1, -0.05) is 62.4 Å². The van der Waals surface area contributed by atoms with Gasteiger partial charge in [-0.05, 0) is 107 Å². The number of anilines is 1. The standard InChI is InChI=1S/C31H33N/c1-30(2)27-9-4-3-8-24(27)26-14-25(29(32)15-28(26)30)22-6-5-7-23(13-22)31-16-19-10-20(17-31)12-21(11-19)18-31/h3-9,13-15,19-21H,10-12,16-18,32H2,1-2H3. The number of hydrogen-bond donors (Lipinski definition) is 1. The van der Waals surface area contributed by atoms with Gasteiger partial charge < -0.3 is 5.73 Å². The fraction of sp³-hybridized carbons (Fsp3) is 0.419. The summed E-state index contributed by atoms with van der Waals surface area (Å²) < 4.78 is 0. The molecule has 0 aromatic heterocycles. The van der Waals surface area contributed by atoms with E-state index in [0.717, 1.165) is 23.4 Å². The maximum atomic E-state index is 6.74. The molecule has 5 aliphatic rings. The van der Waals surface area contributed by atoms with Crippen molar-refractivity contribution < 1.29 is 0 Å². The molecular formula is C31H33N. The van der Waals surface area contributed by atoms with Gasteiger partial charge in [-0.3, -0.25) is 0 Å². The van der Waals surface area contributed by atoms with Crippen molar-refractivity contribution in [1.29, 1.82) is 0 Å². The summed E-state index contributed by atoms with van der Waals surface area (Å²) in [4.78, 5) is 0. The second kappa shape index (κ2) is 6.28. The van der Waals surface area contributed by atoms with Gasteiger partial charge in [0.2, 0.25) is 0 Å². The first-order valence-corrected chi connectivity index (χ1v) is 12.6. The molecule has 0 amide bonds. The van der Waals surface area contributed by atoms with Gasteiger partial charge in [-0.25, -0.2) is 0 Å². The average molecular weight is 420 g/mol. The van der Waals surface area contributed by atoms with Crippen LogP contribution in [0.3, 0.4) is 0 Å². The van der Waals surface area contributed by atoms with Crippen LogP contribution in [0.1, 0.15) is 69.1 Å².